The van der Waals surface area contributed by atoms with Gasteiger partial charge in [0, 0.05) is 19.4 Å². The summed E-state index contributed by atoms with van der Waals surface area (Å²) in [7, 11) is -4.39. The van der Waals surface area contributed by atoms with Crippen molar-refractivity contribution >= 4 is 19.8 Å². The van der Waals surface area contributed by atoms with E-state index in [9.17, 15) is 19.0 Å². The van der Waals surface area contributed by atoms with Gasteiger partial charge in [0.25, 0.3) is 0 Å². The highest BCUT2D eigenvalue weighted by molar-refractivity contribution is 7.47. The molecular weight excluding hydrogens is 665 g/mol. The molecule has 294 valence electrons. The average Bonchev–Trinajstić information content (AvgIpc) is 3.11. The normalized spacial score (nSPS) is 14.0. The van der Waals surface area contributed by atoms with Crippen molar-refractivity contribution < 1.29 is 37.6 Å². The molecule has 1 unspecified atom stereocenters. The minimum absolute atomic E-state index is 0.0425. The van der Waals surface area contributed by atoms with Crippen LogP contribution in [0.1, 0.15) is 155 Å². The number of phosphoric ester groups is 1. The maximum atomic E-state index is 12.5. The zero-order chi connectivity index (χ0) is 37.5. The first-order valence-corrected chi connectivity index (χ1v) is 21.3. The topological polar surface area (TPSA) is 134 Å². The summed E-state index contributed by atoms with van der Waals surface area (Å²) in [6.07, 6.45) is 42.5. The van der Waals surface area contributed by atoms with Crippen LogP contribution in [0.4, 0.5) is 0 Å². The number of ether oxygens (including phenoxy) is 2. The third-order valence-corrected chi connectivity index (χ3v) is 8.86. The van der Waals surface area contributed by atoms with Crippen LogP contribution in [-0.4, -0.2) is 49.3 Å². The van der Waals surface area contributed by atoms with Crippen molar-refractivity contribution in [2.45, 2.75) is 161 Å². The lowest BCUT2D eigenvalue weighted by atomic mass is 10.1. The molecule has 2 atom stereocenters. The molecule has 0 saturated carbocycles. The van der Waals surface area contributed by atoms with Crippen LogP contribution < -0.4 is 5.73 Å². The average molecular weight is 738 g/mol. The predicted octanol–water partition coefficient (Wildman–Crippen LogP) is 10.9. The number of hydrogen-bond donors (Lipinski definition) is 2. The minimum atomic E-state index is -4.39. The van der Waals surface area contributed by atoms with Gasteiger partial charge in [-0.2, -0.15) is 0 Å². The molecule has 0 amide bonds. The third-order valence-electron chi connectivity index (χ3n) is 7.88. The fourth-order valence-electron chi connectivity index (χ4n) is 4.91. The first-order chi connectivity index (χ1) is 24.8. The van der Waals surface area contributed by atoms with E-state index in [1.807, 2.05) is 6.08 Å². The molecule has 0 saturated heterocycles. The third kappa shape index (κ3) is 37.3. The second-order valence-corrected chi connectivity index (χ2v) is 14.2. The smallest absolute Gasteiger partial charge is 0.462 e. The molecule has 3 N–H and O–H groups in total. The maximum Gasteiger partial charge on any atom is 0.472 e. The highest BCUT2D eigenvalue weighted by Gasteiger charge is 2.25. The molecule has 51 heavy (non-hydrogen) atoms. The first kappa shape index (κ1) is 48.7. The zero-order valence-corrected chi connectivity index (χ0v) is 33.0. The molecule has 0 aliphatic rings. The molecule has 0 aliphatic carbocycles. The van der Waals surface area contributed by atoms with Gasteiger partial charge in [-0.05, 0) is 77.0 Å². The van der Waals surface area contributed by atoms with E-state index >= 15 is 0 Å². The predicted molar refractivity (Wildman–Crippen MR) is 210 cm³/mol. The van der Waals surface area contributed by atoms with Crippen molar-refractivity contribution in [2.75, 3.05) is 26.4 Å². The molecule has 0 aromatic rings. The number of allylic oxidation sites excluding steroid dienone is 10. The lowest BCUT2D eigenvalue weighted by Crippen LogP contribution is -2.29. The van der Waals surface area contributed by atoms with Crippen molar-refractivity contribution in [1.82, 2.24) is 0 Å². The Kier molecular flexibility index (Phi) is 35.8. The van der Waals surface area contributed by atoms with Crippen molar-refractivity contribution in [1.29, 1.82) is 0 Å². The van der Waals surface area contributed by atoms with Gasteiger partial charge in [0.2, 0.25) is 0 Å². The van der Waals surface area contributed by atoms with Crippen LogP contribution in [0.2, 0.25) is 0 Å². The monoisotopic (exact) mass is 737 g/mol. The van der Waals surface area contributed by atoms with Gasteiger partial charge >= 0.3 is 19.8 Å². The van der Waals surface area contributed by atoms with Crippen LogP contribution in [0, 0.1) is 0 Å². The Bertz CT molecular complexity index is 1020. The summed E-state index contributed by atoms with van der Waals surface area (Å²) < 4.78 is 32.6. The van der Waals surface area contributed by atoms with Crippen LogP contribution >= 0.6 is 7.82 Å². The number of phosphoric acid groups is 1. The van der Waals surface area contributed by atoms with Gasteiger partial charge in [0.15, 0.2) is 6.10 Å². The number of carbonyl (C=O) groups excluding carboxylic acids is 2. The van der Waals surface area contributed by atoms with Crippen molar-refractivity contribution in [2.24, 2.45) is 5.73 Å². The van der Waals surface area contributed by atoms with Gasteiger partial charge in [0.05, 0.1) is 13.2 Å². The fraction of sp³-hybridized carbons (Fsp3) is 0.707. The fourth-order valence-corrected chi connectivity index (χ4v) is 5.68. The lowest BCUT2D eigenvalue weighted by Gasteiger charge is -2.19. The van der Waals surface area contributed by atoms with Crippen LogP contribution in [-0.2, 0) is 32.7 Å². The van der Waals surface area contributed by atoms with Crippen molar-refractivity contribution in [3.8, 4) is 0 Å². The molecule has 0 rings (SSSR count). The second-order valence-electron chi connectivity index (χ2n) is 12.8. The molecule has 0 aliphatic heterocycles. The Morgan fingerprint density at radius 3 is 1.63 bits per heavy atom. The molecule has 10 heteroatoms. The Balaban J connectivity index is 4.33. The molecule has 0 spiro atoms. The number of esters is 2. The molecule has 0 aromatic carbocycles. The van der Waals surface area contributed by atoms with E-state index < -0.39 is 32.5 Å². The van der Waals surface area contributed by atoms with Gasteiger partial charge in [-0.25, -0.2) is 4.57 Å². The molecule has 9 nitrogen and oxygen atoms in total. The SMILES string of the molecule is CCCCC/C=C/C/C=C/C/C=C/C/C=C/CCCC(=O)OC[C@H](COP(=O)(O)OCCN)OC(=O)CCCCCCC/C=C/CCCCCC. The van der Waals surface area contributed by atoms with Crippen molar-refractivity contribution in [3.63, 3.8) is 0 Å². The number of unbranched alkanes of at least 4 members (excludes halogenated alkanes) is 13. The minimum Gasteiger partial charge on any atom is -0.462 e. The van der Waals surface area contributed by atoms with E-state index in [-0.39, 0.29) is 32.6 Å². The summed E-state index contributed by atoms with van der Waals surface area (Å²) in [4.78, 5) is 34.7. The van der Waals surface area contributed by atoms with Gasteiger partial charge in [0.1, 0.15) is 6.61 Å². The second kappa shape index (κ2) is 37.5. The Morgan fingerprint density at radius 2 is 1.04 bits per heavy atom. The summed E-state index contributed by atoms with van der Waals surface area (Å²) in [5, 5.41) is 0. The number of carbonyl (C=O) groups is 2. The number of hydrogen-bond acceptors (Lipinski definition) is 8. The Labute approximate surface area is 310 Å². The number of rotatable bonds is 36. The van der Waals surface area contributed by atoms with E-state index in [2.05, 4.69) is 68.5 Å². The summed E-state index contributed by atoms with van der Waals surface area (Å²) in [6, 6.07) is 0. The van der Waals surface area contributed by atoms with E-state index in [4.69, 9.17) is 24.3 Å². The highest BCUT2D eigenvalue weighted by atomic mass is 31.2. The summed E-state index contributed by atoms with van der Waals surface area (Å²) in [6.45, 7) is 3.59. The standard InChI is InChI=1S/C41H72NO8P/c1-3-5-7-9-11-13-15-17-18-19-20-22-23-25-27-29-31-33-40(43)47-37-39(38-49-51(45,46)48-36-35-42)50-41(44)34-32-30-28-26-24-21-16-14-12-10-8-6-4-2/h11,13-14,16-18,20,22,25,27,39H,3-10,12,15,19,21,23-24,26,28-38,42H2,1-2H3,(H,45,46)/b13-11+,16-14+,18-17+,22-20+,27-25+/t39-/m1/s1. The van der Waals surface area contributed by atoms with Crippen LogP contribution in [0.5, 0.6) is 0 Å². The zero-order valence-electron chi connectivity index (χ0n) is 32.1. The number of nitrogens with two attached hydrogens (primary N) is 1. The van der Waals surface area contributed by atoms with Gasteiger partial charge in [-0.1, -0.05) is 126 Å². The van der Waals surface area contributed by atoms with Crippen LogP contribution in [0.3, 0.4) is 0 Å². The van der Waals surface area contributed by atoms with E-state index in [1.165, 1.54) is 51.4 Å². The highest BCUT2D eigenvalue weighted by Crippen LogP contribution is 2.43. The molecule has 0 aromatic heterocycles. The van der Waals surface area contributed by atoms with Gasteiger partial charge in [-0.15, -0.1) is 0 Å². The van der Waals surface area contributed by atoms with Crippen molar-refractivity contribution in [3.05, 3.63) is 60.8 Å². The van der Waals surface area contributed by atoms with Crippen LogP contribution in [0.15, 0.2) is 60.8 Å². The molecule has 0 bridgehead atoms. The van der Waals surface area contributed by atoms with E-state index in [1.54, 1.807) is 0 Å². The summed E-state index contributed by atoms with van der Waals surface area (Å²) >= 11 is 0. The summed E-state index contributed by atoms with van der Waals surface area (Å²) in [5.74, 6) is -0.910. The Hall–Kier alpha value is -2.29. The molecular formula is C41H72NO8P. The largest absolute Gasteiger partial charge is 0.472 e. The van der Waals surface area contributed by atoms with Gasteiger partial charge < -0.3 is 20.1 Å². The molecule has 0 radical (unpaired) electrons. The lowest BCUT2D eigenvalue weighted by molar-refractivity contribution is -0.161. The maximum absolute atomic E-state index is 12.5. The van der Waals surface area contributed by atoms with E-state index in [0.29, 0.717) is 12.8 Å². The molecule has 0 heterocycles. The van der Waals surface area contributed by atoms with Gasteiger partial charge in [-0.3, -0.25) is 18.6 Å². The van der Waals surface area contributed by atoms with Crippen LogP contribution in [0.25, 0.3) is 0 Å². The molecule has 0 fully saturated rings. The Morgan fingerprint density at radius 1 is 0.588 bits per heavy atom. The quantitative estimate of drug-likeness (QED) is 0.0279. The summed E-state index contributed by atoms with van der Waals surface area (Å²) in [5.41, 5.74) is 5.33. The van der Waals surface area contributed by atoms with E-state index in [0.717, 1.165) is 64.2 Å². The first-order valence-electron chi connectivity index (χ1n) is 19.8.